The van der Waals surface area contributed by atoms with Crippen molar-refractivity contribution in [2.45, 2.75) is 56.3 Å². The van der Waals surface area contributed by atoms with Crippen molar-refractivity contribution in [1.29, 1.82) is 0 Å². The van der Waals surface area contributed by atoms with Crippen LogP contribution in [-0.2, 0) is 26.5 Å². The van der Waals surface area contributed by atoms with Gasteiger partial charge in [-0.1, -0.05) is 84.7 Å². The fourth-order valence-electron chi connectivity index (χ4n) is 7.61. The maximum Gasteiger partial charge on any atom is 0 e. The van der Waals surface area contributed by atoms with Crippen LogP contribution >= 0.6 is 0 Å². The van der Waals surface area contributed by atoms with Crippen molar-refractivity contribution in [3.8, 4) is 44.8 Å². The van der Waals surface area contributed by atoms with Crippen LogP contribution in [0.1, 0.15) is 36.8 Å². The van der Waals surface area contributed by atoms with Crippen LogP contribution in [0, 0.1) is 25.0 Å². The van der Waals surface area contributed by atoms with E-state index in [9.17, 15) is 0 Å². The Hall–Kier alpha value is -4.61. The van der Waals surface area contributed by atoms with Crippen LogP contribution in [0.5, 0.6) is 0 Å². The Morgan fingerprint density at radius 3 is 2.22 bits per heavy atom. The van der Waals surface area contributed by atoms with Crippen molar-refractivity contribution in [3.63, 3.8) is 0 Å². The summed E-state index contributed by atoms with van der Waals surface area (Å²) in [6.45, 7) is 2.12. The Bertz CT molecular complexity index is 2510. The minimum Gasteiger partial charge on any atom is 0 e. The summed E-state index contributed by atoms with van der Waals surface area (Å²) in [5.41, 5.74) is 13.3. The zero-order valence-electron chi connectivity index (χ0n) is 32.0. The van der Waals surface area contributed by atoms with Crippen LogP contribution in [0.3, 0.4) is 0 Å². The average molecular weight is 956 g/mol. The summed E-state index contributed by atoms with van der Waals surface area (Å²) < 4.78 is 7.62. The van der Waals surface area contributed by atoms with E-state index in [0.717, 1.165) is 56.8 Å². The van der Waals surface area contributed by atoms with Gasteiger partial charge in [0.15, 0.2) is 0 Å². The topological polar surface area (TPSA) is 38.9 Å². The van der Waals surface area contributed by atoms with Crippen molar-refractivity contribution >= 4 is 39.6 Å². The van der Waals surface area contributed by atoms with E-state index in [-0.39, 0.29) is 20.1 Å². The van der Waals surface area contributed by atoms with Crippen LogP contribution in [-0.4, -0.2) is 23.2 Å². The van der Waals surface area contributed by atoms with Gasteiger partial charge in [-0.2, -0.15) is 0 Å². The minimum atomic E-state index is -1.79. The fourth-order valence-corrected chi connectivity index (χ4v) is 9.78. The van der Waals surface area contributed by atoms with Gasteiger partial charge in [-0.05, 0) is 48.2 Å². The summed E-state index contributed by atoms with van der Waals surface area (Å²) in [5.74, 6) is 7.99. The summed E-state index contributed by atoms with van der Waals surface area (Å²) in [6, 6.07) is 51.3. The molecule has 55 heavy (non-hydrogen) atoms. The molecular weight excluding hydrogens is 909 g/mol. The Labute approximate surface area is 342 Å². The fraction of sp³-hybridized carbons (Fsp3) is 0.200. The quantitative estimate of drug-likeness (QED) is 0.118. The van der Waals surface area contributed by atoms with Gasteiger partial charge in [0.05, 0.1) is 5.58 Å². The zero-order valence-corrected chi connectivity index (χ0v) is 36.5. The first-order valence-electron chi connectivity index (χ1n) is 19.2. The number of hydrogen-bond donors (Lipinski definition) is 0. The first-order chi connectivity index (χ1) is 26.3. The second-order valence-electron chi connectivity index (χ2n) is 15.7. The predicted octanol–water partition coefficient (Wildman–Crippen LogP) is 12.9. The first-order valence-corrected chi connectivity index (χ1v) is 26.6. The third-order valence-corrected chi connectivity index (χ3v) is 15.0. The van der Waals surface area contributed by atoms with E-state index in [2.05, 4.69) is 156 Å². The van der Waals surface area contributed by atoms with E-state index in [0.29, 0.717) is 0 Å². The van der Waals surface area contributed by atoms with Gasteiger partial charge in [-0.25, -0.2) is 0 Å². The van der Waals surface area contributed by atoms with Crippen molar-refractivity contribution in [2.75, 3.05) is 0 Å². The average Bonchev–Trinajstić information content (AvgIpc) is 3.86. The van der Waals surface area contributed by atoms with Crippen molar-refractivity contribution in [1.82, 2.24) is 9.97 Å². The Balaban J connectivity index is 0.000000178. The molecule has 0 N–H and O–H groups in total. The largest absolute Gasteiger partial charge is 0 e. The van der Waals surface area contributed by atoms with E-state index in [4.69, 9.17) is 4.42 Å². The smallest absolute Gasteiger partial charge is 0 e. The minimum absolute atomic E-state index is 0. The molecule has 8 aromatic rings. The normalized spacial score (nSPS) is 13.0. The van der Waals surface area contributed by atoms with Gasteiger partial charge < -0.3 is 9.40 Å². The molecule has 0 amide bonds. The molecule has 0 bridgehead atoms. The second kappa shape index (κ2) is 17.0. The van der Waals surface area contributed by atoms with Gasteiger partial charge in [-0.15, -0.1) is 23.8 Å². The van der Waals surface area contributed by atoms with Crippen LogP contribution in [0.2, 0.25) is 17.3 Å². The Morgan fingerprint density at radius 1 is 0.691 bits per heavy atom. The van der Waals surface area contributed by atoms with E-state index >= 15 is 0 Å². The van der Waals surface area contributed by atoms with Gasteiger partial charge in [-0.3, -0.25) is 0 Å². The number of aromatic nitrogens is 2. The summed E-state index contributed by atoms with van der Waals surface area (Å²) in [6.07, 6.45) is 10.6. The molecule has 9 rings (SSSR count). The zero-order chi connectivity index (χ0) is 37.1. The molecule has 1 radical (unpaired) electrons. The molecule has 5 heteroatoms. The third kappa shape index (κ3) is 8.94. The standard InChI is InChI=1S/C30H26NO.C20H20GeN.Ir/c1-20-9-11-23(12-10-20)25-7-4-8-29-30(25)26-19-24(13-14-28(26)32-29)27-18-22(15-16-31-27)17-21-5-2-3-6-21;1-21(2,3)19-12-13-20(22-15-19)18-11-7-10-17(14-18)16-8-5-4-6-9-16;/h4,7-12,14-16,18-19,21H,2-3,5-6,17H2,1H3;4-10,12-15H,1-3H3;/q2*-1;. The van der Waals surface area contributed by atoms with Crippen LogP contribution < -0.4 is 4.40 Å². The summed E-state index contributed by atoms with van der Waals surface area (Å²) >= 11 is -1.79. The molecule has 0 aliphatic heterocycles. The van der Waals surface area contributed by atoms with E-state index in [1.807, 2.05) is 30.5 Å². The molecule has 5 aromatic carbocycles. The molecule has 277 valence electrons. The van der Waals surface area contributed by atoms with Crippen molar-refractivity contribution < 1.29 is 24.5 Å². The number of nitrogens with zero attached hydrogens (tertiary/aromatic N) is 2. The van der Waals surface area contributed by atoms with Gasteiger partial charge in [0, 0.05) is 31.7 Å². The molecule has 3 aromatic heterocycles. The van der Waals surface area contributed by atoms with Crippen molar-refractivity contribution in [3.05, 3.63) is 163 Å². The van der Waals surface area contributed by atoms with E-state index in [1.165, 1.54) is 63.5 Å². The number of hydrogen-bond acceptors (Lipinski definition) is 3. The SMILES string of the molecule is Cc1ccc(-c2cccc3oc4c[c-]c(-c5cc(CC6CCCC6)ccn5)cc4c23)cc1.[CH3][Ge]([CH3])([CH3])[c]1ccc(-c2[c-]ccc(-c3ccccc3)c2)nc1.[Ir]. The number of furan rings is 1. The van der Waals surface area contributed by atoms with Crippen LogP contribution in [0.25, 0.3) is 66.7 Å². The van der Waals surface area contributed by atoms with Crippen LogP contribution in [0.15, 0.2) is 144 Å². The number of aryl methyl sites for hydroxylation is 1. The Kier molecular flexibility index (Phi) is 12.0. The van der Waals surface area contributed by atoms with Crippen molar-refractivity contribution in [2.24, 2.45) is 5.92 Å². The maximum atomic E-state index is 6.19. The molecule has 1 fully saturated rings. The maximum absolute atomic E-state index is 6.19. The number of benzene rings is 5. The number of rotatable bonds is 7. The molecule has 3 nitrogen and oxygen atoms in total. The van der Waals surface area contributed by atoms with E-state index in [1.54, 1.807) is 0 Å². The second-order valence-corrected chi connectivity index (χ2v) is 26.4. The summed E-state index contributed by atoms with van der Waals surface area (Å²) in [5, 5.41) is 2.27. The molecular formula is C50H46GeIrN2O-2. The molecule has 0 saturated heterocycles. The molecule has 3 heterocycles. The molecule has 0 spiro atoms. The van der Waals surface area contributed by atoms with Gasteiger partial charge in [0.2, 0.25) is 0 Å². The van der Waals surface area contributed by atoms with Crippen LogP contribution in [0.4, 0.5) is 0 Å². The molecule has 1 saturated carbocycles. The predicted molar refractivity (Wildman–Crippen MR) is 229 cm³/mol. The molecule has 1 aliphatic carbocycles. The van der Waals surface area contributed by atoms with Gasteiger partial charge >= 0.3 is 135 Å². The van der Waals surface area contributed by atoms with E-state index < -0.39 is 13.3 Å². The molecule has 0 atom stereocenters. The molecule has 1 aliphatic rings. The number of fused-ring (bicyclic) bond motifs is 3. The third-order valence-electron chi connectivity index (χ3n) is 10.7. The van der Waals surface area contributed by atoms with Gasteiger partial charge in [0.1, 0.15) is 5.58 Å². The summed E-state index contributed by atoms with van der Waals surface area (Å²) in [7, 11) is 0. The Morgan fingerprint density at radius 2 is 1.47 bits per heavy atom. The summed E-state index contributed by atoms with van der Waals surface area (Å²) in [4.78, 5) is 9.35. The monoisotopic (exact) mass is 957 g/mol. The first kappa shape index (κ1) is 38.7. The van der Waals surface area contributed by atoms with Gasteiger partial charge in [0.25, 0.3) is 0 Å². The molecule has 0 unspecified atom stereocenters. The number of pyridine rings is 2.